The molecule has 0 bridgehead atoms. The van der Waals surface area contributed by atoms with Crippen molar-refractivity contribution in [1.29, 1.82) is 0 Å². The zero-order chi connectivity index (χ0) is 13.2. The van der Waals surface area contributed by atoms with Gasteiger partial charge in [0.1, 0.15) is 0 Å². The monoisotopic (exact) mass is 332 g/mol. The average molecular weight is 333 g/mol. The van der Waals surface area contributed by atoms with Gasteiger partial charge in [-0.3, -0.25) is 9.36 Å². The average Bonchev–Trinajstić information content (AvgIpc) is 3.07. The van der Waals surface area contributed by atoms with Crippen LogP contribution in [-0.2, 0) is 0 Å². The number of rotatable bonds is 3. The lowest BCUT2D eigenvalue weighted by Gasteiger charge is -1.99. The van der Waals surface area contributed by atoms with Crippen LogP contribution in [0.4, 0.5) is 0 Å². The largest absolute Gasteiger partial charge is 0.296 e. The second-order valence-corrected chi connectivity index (χ2v) is 5.70. The van der Waals surface area contributed by atoms with Crippen molar-refractivity contribution in [2.75, 3.05) is 0 Å². The summed E-state index contributed by atoms with van der Waals surface area (Å²) < 4.78 is 2.83. The smallest absolute Gasteiger partial charge is 0.194 e. The first kappa shape index (κ1) is 12.3. The van der Waals surface area contributed by atoms with Gasteiger partial charge >= 0.3 is 0 Å². The molecule has 0 atom stereocenters. The second-order valence-electron chi connectivity index (χ2n) is 3.94. The summed E-state index contributed by atoms with van der Waals surface area (Å²) in [5.74, 6) is 0. The molecule has 1 aromatic carbocycles. The van der Waals surface area contributed by atoms with Crippen LogP contribution in [0.1, 0.15) is 10.5 Å². The van der Waals surface area contributed by atoms with E-state index >= 15 is 0 Å². The molecule has 0 amide bonds. The van der Waals surface area contributed by atoms with E-state index in [4.69, 9.17) is 0 Å². The summed E-state index contributed by atoms with van der Waals surface area (Å²) in [5, 5.41) is 2.79. The van der Waals surface area contributed by atoms with E-state index in [0.29, 0.717) is 5.69 Å². The van der Waals surface area contributed by atoms with Gasteiger partial charge in [0.05, 0.1) is 11.4 Å². The number of halogens is 1. The van der Waals surface area contributed by atoms with Crippen molar-refractivity contribution < 1.29 is 4.79 Å². The highest BCUT2D eigenvalue weighted by molar-refractivity contribution is 9.10. The Labute approximate surface area is 122 Å². The molecule has 3 aromatic rings. The number of aromatic nitrogens is 2. The Hall–Kier alpha value is -1.72. The van der Waals surface area contributed by atoms with Crippen molar-refractivity contribution >= 4 is 33.6 Å². The number of hydrogen-bond acceptors (Lipinski definition) is 3. The third kappa shape index (κ3) is 2.39. The lowest BCUT2D eigenvalue weighted by Crippen LogP contribution is -1.96. The third-order valence-electron chi connectivity index (χ3n) is 2.74. The summed E-state index contributed by atoms with van der Waals surface area (Å²) in [7, 11) is 0. The maximum Gasteiger partial charge on any atom is 0.194 e. The number of thiazole rings is 1. The Morgan fingerprint density at radius 1 is 1.21 bits per heavy atom. The van der Waals surface area contributed by atoms with Gasteiger partial charge in [0.15, 0.2) is 11.4 Å². The van der Waals surface area contributed by atoms with Crippen LogP contribution in [0.25, 0.3) is 16.4 Å². The molecule has 2 heterocycles. The van der Waals surface area contributed by atoms with E-state index in [1.807, 2.05) is 41.9 Å². The van der Waals surface area contributed by atoms with Gasteiger partial charge in [-0.05, 0) is 24.3 Å². The van der Waals surface area contributed by atoms with Crippen LogP contribution < -0.4 is 0 Å². The molecule has 3 nitrogen and oxygen atoms in total. The zero-order valence-corrected chi connectivity index (χ0v) is 12.2. The van der Waals surface area contributed by atoms with Crippen LogP contribution in [-0.4, -0.2) is 15.8 Å². The van der Waals surface area contributed by atoms with E-state index in [1.54, 1.807) is 10.6 Å². The number of hydrogen-bond donors (Lipinski definition) is 0. The van der Waals surface area contributed by atoms with Crippen molar-refractivity contribution in [2.24, 2.45) is 0 Å². The first-order chi connectivity index (χ1) is 9.28. The van der Waals surface area contributed by atoms with Crippen LogP contribution >= 0.6 is 27.3 Å². The topological polar surface area (TPSA) is 34.9 Å². The molecule has 0 radical (unpaired) electrons. The van der Waals surface area contributed by atoms with Crippen molar-refractivity contribution in [3.8, 4) is 16.4 Å². The van der Waals surface area contributed by atoms with Crippen LogP contribution in [0, 0.1) is 0 Å². The molecule has 3 rings (SSSR count). The molecule has 0 spiro atoms. The Bertz CT molecular complexity index is 715. The molecule has 0 aliphatic carbocycles. The Balaban J connectivity index is 2.00. The molecule has 0 fully saturated rings. The molecule has 0 aliphatic heterocycles. The van der Waals surface area contributed by atoms with Gasteiger partial charge in [-0.15, -0.1) is 11.3 Å². The molecule has 0 aliphatic rings. The van der Waals surface area contributed by atoms with Gasteiger partial charge in [-0.1, -0.05) is 28.1 Å². The van der Waals surface area contributed by atoms with Crippen LogP contribution in [0.5, 0.6) is 0 Å². The van der Waals surface area contributed by atoms with Crippen molar-refractivity contribution in [3.63, 3.8) is 0 Å². The Morgan fingerprint density at radius 3 is 2.74 bits per heavy atom. The summed E-state index contributed by atoms with van der Waals surface area (Å²) >= 11 is 4.93. The first-order valence-electron chi connectivity index (χ1n) is 5.62. The molecular weight excluding hydrogens is 324 g/mol. The Morgan fingerprint density at radius 2 is 2.00 bits per heavy atom. The maximum atomic E-state index is 10.9. The van der Waals surface area contributed by atoms with Crippen LogP contribution in [0.3, 0.4) is 0 Å². The van der Waals surface area contributed by atoms with E-state index in [2.05, 4.69) is 20.9 Å². The fraction of sp³-hybridized carbons (Fsp3) is 0. The van der Waals surface area contributed by atoms with E-state index in [0.717, 1.165) is 27.1 Å². The first-order valence-corrected chi connectivity index (χ1v) is 7.29. The molecular formula is C14H9BrN2OS. The van der Waals surface area contributed by atoms with Gasteiger partial charge in [-0.2, -0.15) is 0 Å². The minimum absolute atomic E-state index is 0.608. The molecule has 5 heteroatoms. The summed E-state index contributed by atoms with van der Waals surface area (Å²) in [5.41, 5.74) is 2.58. The molecule has 0 unspecified atom stereocenters. The van der Waals surface area contributed by atoms with E-state index in [1.165, 1.54) is 11.3 Å². The zero-order valence-electron chi connectivity index (χ0n) is 9.79. The van der Waals surface area contributed by atoms with E-state index < -0.39 is 0 Å². The summed E-state index contributed by atoms with van der Waals surface area (Å²) in [6.07, 6.45) is 2.68. The quantitative estimate of drug-likeness (QED) is 0.674. The van der Waals surface area contributed by atoms with Crippen LogP contribution in [0.15, 0.2) is 52.4 Å². The normalized spacial score (nSPS) is 10.6. The van der Waals surface area contributed by atoms with Gasteiger partial charge in [0.2, 0.25) is 0 Å². The van der Waals surface area contributed by atoms with Gasteiger partial charge in [0.25, 0.3) is 0 Å². The van der Waals surface area contributed by atoms with E-state index in [9.17, 15) is 4.79 Å². The summed E-state index contributed by atoms with van der Waals surface area (Å²) in [6, 6.07) is 11.6. The van der Waals surface area contributed by atoms with Crippen molar-refractivity contribution in [1.82, 2.24) is 9.55 Å². The number of carbonyl (C=O) groups excluding carboxylic acids is 1. The number of carbonyl (C=O) groups is 1. The minimum atomic E-state index is 0.608. The van der Waals surface area contributed by atoms with Crippen molar-refractivity contribution in [3.05, 3.63) is 58.1 Å². The number of aldehydes is 1. The molecule has 2 aromatic heterocycles. The predicted molar refractivity (Wildman–Crippen MR) is 80.0 cm³/mol. The lowest BCUT2D eigenvalue weighted by molar-refractivity contribution is 0.111. The second kappa shape index (κ2) is 5.11. The predicted octanol–water partition coefficient (Wildman–Crippen LogP) is 4.18. The SMILES string of the molecule is O=Cc1cccn1-c1nc(-c2ccc(Br)cc2)cs1. The molecule has 0 N–H and O–H groups in total. The highest BCUT2D eigenvalue weighted by Gasteiger charge is 2.08. The maximum absolute atomic E-state index is 10.9. The van der Waals surface area contributed by atoms with Crippen molar-refractivity contribution in [2.45, 2.75) is 0 Å². The molecule has 94 valence electrons. The third-order valence-corrected chi connectivity index (χ3v) is 4.11. The highest BCUT2D eigenvalue weighted by Crippen LogP contribution is 2.26. The van der Waals surface area contributed by atoms with Gasteiger partial charge < -0.3 is 0 Å². The molecule has 0 saturated carbocycles. The molecule has 0 saturated heterocycles. The molecule has 19 heavy (non-hydrogen) atoms. The fourth-order valence-electron chi connectivity index (χ4n) is 1.79. The summed E-state index contributed by atoms with van der Waals surface area (Å²) in [6.45, 7) is 0. The lowest BCUT2D eigenvalue weighted by atomic mass is 10.2. The van der Waals surface area contributed by atoms with Crippen LogP contribution in [0.2, 0.25) is 0 Å². The standard InChI is InChI=1S/C14H9BrN2OS/c15-11-5-3-10(4-6-11)13-9-19-14(16-13)17-7-1-2-12(17)8-18/h1-9H. The van der Waals surface area contributed by atoms with E-state index in [-0.39, 0.29) is 0 Å². The summed E-state index contributed by atoms with van der Waals surface area (Å²) in [4.78, 5) is 15.5. The van der Waals surface area contributed by atoms with Gasteiger partial charge in [0, 0.05) is 21.6 Å². The number of nitrogens with zero attached hydrogens (tertiary/aromatic N) is 2. The van der Waals surface area contributed by atoms with Gasteiger partial charge in [-0.25, -0.2) is 4.98 Å². The Kier molecular flexibility index (Phi) is 3.31. The highest BCUT2D eigenvalue weighted by atomic mass is 79.9. The minimum Gasteiger partial charge on any atom is -0.296 e. The fourth-order valence-corrected chi connectivity index (χ4v) is 2.89. The number of benzene rings is 1.